The van der Waals surface area contributed by atoms with E-state index >= 15 is 0 Å². The van der Waals surface area contributed by atoms with E-state index in [0.717, 1.165) is 18.1 Å². The van der Waals surface area contributed by atoms with Gasteiger partial charge >= 0.3 is 0 Å². The van der Waals surface area contributed by atoms with Gasteiger partial charge in [-0.1, -0.05) is 29.3 Å². The lowest BCUT2D eigenvalue weighted by Crippen LogP contribution is -2.11. The number of imidazole rings is 1. The number of halogens is 2. The molecule has 3 nitrogen and oxygen atoms in total. The molecule has 0 aliphatic heterocycles. The van der Waals surface area contributed by atoms with Crippen molar-refractivity contribution in [3.8, 4) is 0 Å². The molecular formula is C13H15Cl2N3. The van der Waals surface area contributed by atoms with Gasteiger partial charge < -0.3 is 9.88 Å². The maximum Gasteiger partial charge on any atom is 0.203 e. The third-order valence-electron chi connectivity index (χ3n) is 2.83. The van der Waals surface area contributed by atoms with E-state index in [9.17, 15) is 0 Å². The molecule has 0 fully saturated rings. The predicted molar refractivity (Wildman–Crippen MR) is 76.4 cm³/mol. The van der Waals surface area contributed by atoms with Crippen molar-refractivity contribution in [1.82, 2.24) is 9.55 Å². The number of hydrogen-bond donors (Lipinski definition) is 1. The lowest BCUT2D eigenvalue weighted by Gasteiger charge is -2.17. The van der Waals surface area contributed by atoms with E-state index in [0.29, 0.717) is 10.0 Å². The van der Waals surface area contributed by atoms with Crippen molar-refractivity contribution in [2.75, 3.05) is 5.32 Å². The zero-order chi connectivity index (χ0) is 13.1. The van der Waals surface area contributed by atoms with Crippen LogP contribution in [-0.4, -0.2) is 9.55 Å². The normalized spacial score (nSPS) is 12.4. The monoisotopic (exact) mass is 283 g/mol. The highest BCUT2D eigenvalue weighted by Crippen LogP contribution is 2.28. The minimum absolute atomic E-state index is 0.0717. The molecule has 0 bridgehead atoms. The molecule has 5 heteroatoms. The number of aromatic nitrogens is 2. The molecule has 1 N–H and O–H groups in total. The van der Waals surface area contributed by atoms with Gasteiger partial charge in [0.15, 0.2) is 0 Å². The van der Waals surface area contributed by atoms with Crippen LogP contribution in [0.3, 0.4) is 0 Å². The van der Waals surface area contributed by atoms with Gasteiger partial charge in [-0.05, 0) is 31.5 Å². The fraction of sp³-hybridized carbons (Fsp3) is 0.308. The number of nitrogens with one attached hydrogen (secondary N) is 1. The Morgan fingerprint density at radius 2 is 2.17 bits per heavy atom. The van der Waals surface area contributed by atoms with Gasteiger partial charge in [-0.3, -0.25) is 0 Å². The van der Waals surface area contributed by atoms with Gasteiger partial charge in [-0.15, -0.1) is 0 Å². The molecule has 0 radical (unpaired) electrons. The number of hydrogen-bond acceptors (Lipinski definition) is 2. The van der Waals surface area contributed by atoms with Gasteiger partial charge in [0, 0.05) is 29.0 Å². The van der Waals surface area contributed by atoms with Crippen molar-refractivity contribution >= 4 is 29.2 Å². The minimum atomic E-state index is 0.0717. The molecule has 96 valence electrons. The molecule has 0 spiro atoms. The zero-order valence-electron chi connectivity index (χ0n) is 10.3. The van der Waals surface area contributed by atoms with Gasteiger partial charge in [0.2, 0.25) is 5.95 Å². The van der Waals surface area contributed by atoms with Crippen LogP contribution in [0, 0.1) is 0 Å². The first-order chi connectivity index (χ1) is 8.61. The van der Waals surface area contributed by atoms with Gasteiger partial charge in [0.05, 0.1) is 6.04 Å². The topological polar surface area (TPSA) is 29.9 Å². The maximum absolute atomic E-state index is 6.19. The van der Waals surface area contributed by atoms with E-state index in [1.54, 1.807) is 12.3 Å². The first-order valence-corrected chi connectivity index (χ1v) is 6.60. The summed E-state index contributed by atoms with van der Waals surface area (Å²) in [5, 5.41) is 4.65. The standard InChI is InChI=1S/C13H15Cl2N3/c1-3-18-7-6-16-13(18)17-9(2)11-5-4-10(14)8-12(11)15/h4-9H,3H2,1-2H3,(H,16,17). The van der Waals surface area contributed by atoms with E-state index in [2.05, 4.69) is 17.2 Å². The highest BCUT2D eigenvalue weighted by atomic mass is 35.5. The van der Waals surface area contributed by atoms with Gasteiger partial charge in [-0.25, -0.2) is 4.98 Å². The first kappa shape index (κ1) is 13.2. The zero-order valence-corrected chi connectivity index (χ0v) is 11.8. The Kier molecular flexibility index (Phi) is 4.15. The largest absolute Gasteiger partial charge is 0.349 e. The molecule has 2 rings (SSSR count). The van der Waals surface area contributed by atoms with E-state index in [1.165, 1.54) is 0 Å². The van der Waals surface area contributed by atoms with Crippen LogP contribution in [-0.2, 0) is 6.54 Å². The highest BCUT2D eigenvalue weighted by molar-refractivity contribution is 6.35. The summed E-state index contributed by atoms with van der Waals surface area (Å²) in [4.78, 5) is 4.28. The summed E-state index contributed by atoms with van der Waals surface area (Å²) < 4.78 is 2.04. The molecule has 1 unspecified atom stereocenters. The molecule has 1 aromatic carbocycles. The number of benzene rings is 1. The van der Waals surface area contributed by atoms with Gasteiger partial charge in [-0.2, -0.15) is 0 Å². The Labute approximate surface area is 117 Å². The number of aryl methyl sites for hydroxylation is 1. The van der Waals surface area contributed by atoms with Gasteiger partial charge in [0.25, 0.3) is 0 Å². The smallest absolute Gasteiger partial charge is 0.203 e. The second kappa shape index (κ2) is 5.63. The molecule has 1 aromatic heterocycles. The summed E-state index contributed by atoms with van der Waals surface area (Å²) in [7, 11) is 0. The lowest BCUT2D eigenvalue weighted by atomic mass is 10.1. The van der Waals surface area contributed by atoms with Crippen molar-refractivity contribution in [2.24, 2.45) is 0 Å². The first-order valence-electron chi connectivity index (χ1n) is 5.84. The quantitative estimate of drug-likeness (QED) is 0.902. The van der Waals surface area contributed by atoms with Crippen molar-refractivity contribution in [3.05, 3.63) is 46.2 Å². The van der Waals surface area contributed by atoms with Crippen LogP contribution in [0.25, 0.3) is 0 Å². The van der Waals surface area contributed by atoms with Crippen molar-refractivity contribution in [3.63, 3.8) is 0 Å². The van der Waals surface area contributed by atoms with Crippen molar-refractivity contribution < 1.29 is 0 Å². The Morgan fingerprint density at radius 3 is 2.83 bits per heavy atom. The number of rotatable bonds is 4. The van der Waals surface area contributed by atoms with Crippen LogP contribution >= 0.6 is 23.2 Å². The third kappa shape index (κ3) is 2.79. The molecule has 0 aliphatic carbocycles. The molecular weight excluding hydrogens is 269 g/mol. The average Bonchev–Trinajstić information content (AvgIpc) is 2.76. The van der Waals surface area contributed by atoms with E-state index < -0.39 is 0 Å². The number of nitrogens with zero attached hydrogens (tertiary/aromatic N) is 2. The minimum Gasteiger partial charge on any atom is -0.349 e. The molecule has 0 saturated heterocycles. The SMILES string of the molecule is CCn1ccnc1NC(C)c1ccc(Cl)cc1Cl. The van der Waals surface area contributed by atoms with Crippen LogP contribution in [0.4, 0.5) is 5.95 Å². The van der Waals surface area contributed by atoms with Crippen molar-refractivity contribution in [2.45, 2.75) is 26.4 Å². The van der Waals surface area contributed by atoms with Crippen molar-refractivity contribution in [1.29, 1.82) is 0 Å². The Balaban J connectivity index is 2.19. The maximum atomic E-state index is 6.19. The molecule has 0 aliphatic rings. The molecule has 18 heavy (non-hydrogen) atoms. The van der Waals surface area contributed by atoms with Crippen LogP contribution in [0.2, 0.25) is 10.0 Å². The summed E-state index contributed by atoms with van der Waals surface area (Å²) in [6, 6.07) is 5.60. The highest BCUT2D eigenvalue weighted by Gasteiger charge is 2.12. The van der Waals surface area contributed by atoms with E-state index in [4.69, 9.17) is 23.2 Å². The summed E-state index contributed by atoms with van der Waals surface area (Å²) in [5.41, 5.74) is 1.01. The summed E-state index contributed by atoms with van der Waals surface area (Å²) in [5.74, 6) is 0.844. The predicted octanol–water partition coefficient (Wildman–Crippen LogP) is 4.38. The van der Waals surface area contributed by atoms with Crippen LogP contribution < -0.4 is 5.32 Å². The second-order valence-corrected chi connectivity index (χ2v) is 4.91. The van der Waals surface area contributed by atoms with E-state index in [1.807, 2.05) is 29.8 Å². The van der Waals surface area contributed by atoms with Gasteiger partial charge in [0.1, 0.15) is 0 Å². The van der Waals surface area contributed by atoms with Crippen LogP contribution in [0.5, 0.6) is 0 Å². The molecule has 0 amide bonds. The fourth-order valence-corrected chi connectivity index (χ4v) is 2.40. The number of anilines is 1. The Hall–Kier alpha value is -1.19. The average molecular weight is 284 g/mol. The molecule has 2 aromatic rings. The van der Waals surface area contributed by atoms with Crippen LogP contribution in [0.1, 0.15) is 25.5 Å². The summed E-state index contributed by atoms with van der Waals surface area (Å²) in [6.07, 6.45) is 3.72. The van der Waals surface area contributed by atoms with E-state index in [-0.39, 0.29) is 6.04 Å². The summed E-state index contributed by atoms with van der Waals surface area (Å²) >= 11 is 12.1. The Bertz CT molecular complexity index is 537. The third-order valence-corrected chi connectivity index (χ3v) is 3.39. The molecule has 1 atom stereocenters. The molecule has 1 heterocycles. The Morgan fingerprint density at radius 1 is 1.39 bits per heavy atom. The van der Waals surface area contributed by atoms with Crippen LogP contribution in [0.15, 0.2) is 30.6 Å². The lowest BCUT2D eigenvalue weighted by molar-refractivity contribution is 0.744. The fourth-order valence-electron chi connectivity index (χ4n) is 1.83. The second-order valence-electron chi connectivity index (χ2n) is 4.07. The summed E-state index contributed by atoms with van der Waals surface area (Å²) in [6.45, 7) is 5.00. The molecule has 0 saturated carbocycles.